The first-order valence-corrected chi connectivity index (χ1v) is 9.02. The molecular formula is C19H32N2O3. The summed E-state index contributed by atoms with van der Waals surface area (Å²) in [6.07, 6.45) is 0.844. The number of aliphatic hydroxyl groups excluding tert-OH is 2. The quantitative estimate of drug-likeness (QED) is 0.717. The number of ether oxygens (including phenoxy) is 1. The molecule has 0 saturated carbocycles. The number of aliphatic hydroxyl groups is 2. The molecule has 24 heavy (non-hydrogen) atoms. The molecule has 1 aliphatic heterocycles. The zero-order chi connectivity index (χ0) is 17.4. The molecule has 0 aromatic heterocycles. The molecule has 0 radical (unpaired) electrons. The van der Waals surface area contributed by atoms with Crippen LogP contribution >= 0.6 is 0 Å². The Bertz CT molecular complexity index is 464. The van der Waals surface area contributed by atoms with E-state index in [1.807, 2.05) is 12.1 Å². The van der Waals surface area contributed by atoms with Gasteiger partial charge in [-0.1, -0.05) is 26.0 Å². The summed E-state index contributed by atoms with van der Waals surface area (Å²) >= 11 is 0. The fraction of sp³-hybridized carbons (Fsp3) is 0.684. The van der Waals surface area contributed by atoms with Gasteiger partial charge in [0.1, 0.15) is 12.4 Å². The molecule has 1 aromatic rings. The second-order valence-electron chi connectivity index (χ2n) is 7.01. The predicted molar refractivity (Wildman–Crippen MR) is 96.2 cm³/mol. The van der Waals surface area contributed by atoms with Crippen LogP contribution in [-0.2, 0) is 6.54 Å². The number of piperazine rings is 1. The van der Waals surface area contributed by atoms with Crippen LogP contribution < -0.4 is 4.74 Å². The van der Waals surface area contributed by atoms with Gasteiger partial charge in [0.05, 0.1) is 6.61 Å². The summed E-state index contributed by atoms with van der Waals surface area (Å²) in [5.41, 5.74) is 1.27. The average molecular weight is 336 g/mol. The van der Waals surface area contributed by atoms with E-state index in [1.165, 1.54) is 5.56 Å². The topological polar surface area (TPSA) is 56.2 Å². The van der Waals surface area contributed by atoms with E-state index in [0.29, 0.717) is 18.6 Å². The second-order valence-corrected chi connectivity index (χ2v) is 7.01. The Morgan fingerprint density at radius 1 is 1.12 bits per heavy atom. The lowest BCUT2D eigenvalue weighted by atomic mass is 10.1. The van der Waals surface area contributed by atoms with Crippen molar-refractivity contribution in [1.29, 1.82) is 0 Å². The zero-order valence-corrected chi connectivity index (χ0v) is 15.0. The summed E-state index contributed by atoms with van der Waals surface area (Å²) in [5.74, 6) is 1.46. The van der Waals surface area contributed by atoms with E-state index in [-0.39, 0.29) is 13.2 Å². The molecule has 1 fully saturated rings. The van der Waals surface area contributed by atoms with Gasteiger partial charge in [-0.25, -0.2) is 0 Å². The summed E-state index contributed by atoms with van der Waals surface area (Å²) in [4.78, 5) is 5.00. The highest BCUT2D eigenvalue weighted by molar-refractivity contribution is 5.27. The Labute approximate surface area is 145 Å². The van der Waals surface area contributed by atoms with Gasteiger partial charge in [-0.05, 0) is 30.0 Å². The minimum atomic E-state index is 0.0364. The molecule has 0 aliphatic carbocycles. The van der Waals surface area contributed by atoms with Crippen molar-refractivity contribution in [3.8, 4) is 5.75 Å². The van der Waals surface area contributed by atoms with Crippen LogP contribution in [0.2, 0.25) is 0 Å². The molecular weight excluding hydrogens is 304 g/mol. The largest absolute Gasteiger partial charge is 0.491 e. The summed E-state index contributed by atoms with van der Waals surface area (Å²) in [6, 6.07) is 8.55. The second kappa shape index (κ2) is 9.99. The Kier molecular flexibility index (Phi) is 7.99. The van der Waals surface area contributed by atoms with Gasteiger partial charge in [0.2, 0.25) is 0 Å². The third-order valence-electron chi connectivity index (χ3n) is 4.44. The minimum absolute atomic E-state index is 0.0364. The number of benzene rings is 1. The molecule has 0 amide bonds. The van der Waals surface area contributed by atoms with Crippen LogP contribution in [0.1, 0.15) is 25.8 Å². The van der Waals surface area contributed by atoms with Gasteiger partial charge in [-0.2, -0.15) is 0 Å². The van der Waals surface area contributed by atoms with Crippen LogP contribution in [0, 0.1) is 5.92 Å². The smallest absolute Gasteiger partial charge is 0.119 e. The van der Waals surface area contributed by atoms with Gasteiger partial charge in [-0.3, -0.25) is 9.80 Å². The van der Waals surface area contributed by atoms with Gasteiger partial charge in [-0.15, -0.1) is 0 Å². The van der Waals surface area contributed by atoms with Gasteiger partial charge in [0, 0.05) is 45.4 Å². The van der Waals surface area contributed by atoms with E-state index in [2.05, 4.69) is 35.8 Å². The van der Waals surface area contributed by atoms with E-state index < -0.39 is 0 Å². The molecule has 1 saturated heterocycles. The lowest BCUT2D eigenvalue weighted by Gasteiger charge is -2.42. The molecule has 2 N–H and O–H groups in total. The van der Waals surface area contributed by atoms with Gasteiger partial charge in [0.15, 0.2) is 0 Å². The van der Waals surface area contributed by atoms with Crippen molar-refractivity contribution in [3.05, 3.63) is 29.8 Å². The van der Waals surface area contributed by atoms with Crippen molar-refractivity contribution in [3.63, 3.8) is 0 Å². The van der Waals surface area contributed by atoms with Crippen LogP contribution in [0.4, 0.5) is 0 Å². The highest BCUT2D eigenvalue weighted by atomic mass is 16.5. The van der Waals surface area contributed by atoms with Crippen LogP contribution in [0.25, 0.3) is 0 Å². The van der Waals surface area contributed by atoms with Crippen molar-refractivity contribution >= 4 is 0 Å². The fourth-order valence-corrected chi connectivity index (χ4v) is 3.35. The Morgan fingerprint density at radius 2 is 1.88 bits per heavy atom. The third-order valence-corrected chi connectivity index (χ3v) is 4.44. The van der Waals surface area contributed by atoms with E-state index >= 15 is 0 Å². The molecule has 1 atom stereocenters. The number of hydrogen-bond acceptors (Lipinski definition) is 5. The molecule has 5 nitrogen and oxygen atoms in total. The lowest BCUT2D eigenvalue weighted by molar-refractivity contribution is 0.0477. The summed E-state index contributed by atoms with van der Waals surface area (Å²) in [5, 5.41) is 18.2. The highest BCUT2D eigenvalue weighted by Crippen LogP contribution is 2.18. The molecule has 0 bridgehead atoms. The van der Waals surface area contributed by atoms with Crippen molar-refractivity contribution in [2.24, 2.45) is 5.92 Å². The molecule has 136 valence electrons. The molecule has 1 aliphatic rings. The maximum atomic E-state index is 9.37. The SMILES string of the molecule is CC(C)CN1CCN(Cc2ccc(OCCO)cc2)CC1CCO. The fourth-order valence-electron chi connectivity index (χ4n) is 3.35. The number of rotatable bonds is 9. The van der Waals surface area contributed by atoms with Crippen LogP contribution in [0.15, 0.2) is 24.3 Å². The highest BCUT2D eigenvalue weighted by Gasteiger charge is 2.26. The van der Waals surface area contributed by atoms with Crippen molar-refractivity contribution in [2.75, 3.05) is 46.0 Å². The zero-order valence-electron chi connectivity index (χ0n) is 15.0. The first-order chi connectivity index (χ1) is 11.6. The Balaban J connectivity index is 1.88. The summed E-state index contributed by atoms with van der Waals surface area (Å²) < 4.78 is 5.40. The molecule has 1 heterocycles. The van der Waals surface area contributed by atoms with Crippen LogP contribution in [-0.4, -0.2) is 72.1 Å². The maximum Gasteiger partial charge on any atom is 0.119 e. The van der Waals surface area contributed by atoms with Crippen LogP contribution in [0.5, 0.6) is 5.75 Å². The van der Waals surface area contributed by atoms with E-state index in [0.717, 1.165) is 44.9 Å². The molecule has 2 rings (SSSR count). The maximum absolute atomic E-state index is 9.37. The average Bonchev–Trinajstić information content (AvgIpc) is 2.56. The molecule has 0 spiro atoms. The molecule has 5 heteroatoms. The number of nitrogens with zero attached hydrogens (tertiary/aromatic N) is 2. The molecule has 1 aromatic carbocycles. The van der Waals surface area contributed by atoms with Crippen LogP contribution in [0.3, 0.4) is 0 Å². The van der Waals surface area contributed by atoms with E-state index in [9.17, 15) is 5.11 Å². The van der Waals surface area contributed by atoms with Gasteiger partial charge in [0.25, 0.3) is 0 Å². The minimum Gasteiger partial charge on any atom is -0.491 e. The number of hydrogen-bond donors (Lipinski definition) is 2. The van der Waals surface area contributed by atoms with Gasteiger partial charge >= 0.3 is 0 Å². The molecule has 1 unspecified atom stereocenters. The monoisotopic (exact) mass is 336 g/mol. The summed E-state index contributed by atoms with van der Waals surface area (Å²) in [6.45, 7) is 10.3. The predicted octanol–water partition coefficient (Wildman–Crippen LogP) is 1.58. The first kappa shape index (κ1) is 19.2. The van der Waals surface area contributed by atoms with Gasteiger partial charge < -0.3 is 14.9 Å². The first-order valence-electron chi connectivity index (χ1n) is 9.02. The van der Waals surface area contributed by atoms with Crippen molar-refractivity contribution in [1.82, 2.24) is 9.80 Å². The lowest BCUT2D eigenvalue weighted by Crippen LogP contribution is -2.53. The van der Waals surface area contributed by atoms with E-state index in [1.54, 1.807) is 0 Å². The van der Waals surface area contributed by atoms with E-state index in [4.69, 9.17) is 9.84 Å². The Hall–Kier alpha value is -1.14. The third kappa shape index (κ3) is 6.06. The Morgan fingerprint density at radius 3 is 2.50 bits per heavy atom. The normalized spacial score (nSPS) is 19.8. The standard InChI is InChI=1S/C19H32N2O3/c1-16(2)13-21-9-8-20(15-18(21)7-10-22)14-17-3-5-19(6-4-17)24-12-11-23/h3-6,16,18,22-23H,7-15H2,1-2H3. The summed E-state index contributed by atoms with van der Waals surface area (Å²) in [7, 11) is 0. The van der Waals surface area contributed by atoms with Crippen molar-refractivity contribution in [2.45, 2.75) is 32.9 Å². The van der Waals surface area contributed by atoms with Crippen molar-refractivity contribution < 1.29 is 14.9 Å².